The highest BCUT2D eigenvalue weighted by molar-refractivity contribution is 6.42. The maximum atomic E-state index is 12.6. The van der Waals surface area contributed by atoms with Crippen LogP contribution in [0.25, 0.3) is 0 Å². The Kier molecular flexibility index (Phi) is 6.75. The first-order chi connectivity index (χ1) is 13.9. The van der Waals surface area contributed by atoms with Gasteiger partial charge in [-0.05, 0) is 54.6 Å². The highest BCUT2D eigenvalue weighted by Crippen LogP contribution is 2.25. The van der Waals surface area contributed by atoms with E-state index in [-0.39, 0.29) is 18.4 Å². The molecule has 0 saturated heterocycles. The second-order valence-corrected chi connectivity index (χ2v) is 7.12. The maximum Gasteiger partial charge on any atom is 0.258 e. The number of nitrogens with one attached hydrogen (secondary N) is 2. The average molecular weight is 428 g/mol. The van der Waals surface area contributed by atoms with Crippen LogP contribution in [0.5, 0.6) is 0 Å². The summed E-state index contributed by atoms with van der Waals surface area (Å²) in [5.41, 5.74) is 2.67. The Morgan fingerprint density at radius 1 is 0.862 bits per heavy atom. The van der Waals surface area contributed by atoms with E-state index in [4.69, 9.17) is 23.2 Å². The number of halogens is 2. The minimum absolute atomic E-state index is 0.0669. The lowest BCUT2D eigenvalue weighted by molar-refractivity contribution is -0.114. The molecule has 0 spiro atoms. The fourth-order valence-electron chi connectivity index (χ4n) is 2.65. The minimum atomic E-state index is -0.229. The van der Waals surface area contributed by atoms with E-state index >= 15 is 0 Å². The van der Waals surface area contributed by atoms with E-state index in [1.807, 2.05) is 30.3 Å². The summed E-state index contributed by atoms with van der Waals surface area (Å²) < 4.78 is 0. The summed E-state index contributed by atoms with van der Waals surface area (Å²) >= 11 is 11.8. The molecule has 0 aliphatic carbocycles. The molecule has 2 N–H and O–H groups in total. The normalized spacial score (nSPS) is 10.3. The van der Waals surface area contributed by atoms with E-state index in [0.717, 1.165) is 11.4 Å². The van der Waals surface area contributed by atoms with Gasteiger partial charge in [0, 0.05) is 29.7 Å². The van der Waals surface area contributed by atoms with Crippen molar-refractivity contribution in [2.45, 2.75) is 0 Å². The number of rotatable bonds is 6. The fraction of sp³-hybridized carbons (Fsp3) is 0.0909. The average Bonchev–Trinajstić information content (AvgIpc) is 2.75. The van der Waals surface area contributed by atoms with Gasteiger partial charge in [0.25, 0.3) is 5.91 Å². The summed E-state index contributed by atoms with van der Waals surface area (Å²) in [4.78, 5) is 26.3. The lowest BCUT2D eigenvalue weighted by Gasteiger charge is -2.17. The van der Waals surface area contributed by atoms with Crippen LogP contribution in [-0.2, 0) is 4.79 Å². The van der Waals surface area contributed by atoms with Crippen LogP contribution in [0.2, 0.25) is 10.0 Å². The summed E-state index contributed by atoms with van der Waals surface area (Å²) in [7, 11) is 1.73. The molecule has 0 saturated carbocycles. The molecule has 0 atom stereocenters. The van der Waals surface area contributed by atoms with Crippen LogP contribution in [0, 0.1) is 0 Å². The van der Waals surface area contributed by atoms with Crippen LogP contribution < -0.4 is 15.5 Å². The zero-order valence-electron chi connectivity index (χ0n) is 15.7. The number of carbonyl (C=O) groups is 2. The molecule has 2 amide bonds. The van der Waals surface area contributed by atoms with Crippen LogP contribution in [-0.4, -0.2) is 25.4 Å². The van der Waals surface area contributed by atoms with Crippen LogP contribution in [0.15, 0.2) is 72.8 Å². The molecule has 0 bridgehead atoms. The predicted molar refractivity (Wildman–Crippen MR) is 119 cm³/mol. The number of anilines is 3. The Hall–Kier alpha value is -3.02. The Morgan fingerprint density at radius 3 is 2.17 bits per heavy atom. The molecule has 3 rings (SSSR count). The molecule has 3 aromatic carbocycles. The first-order valence-electron chi connectivity index (χ1n) is 8.86. The van der Waals surface area contributed by atoms with E-state index < -0.39 is 0 Å². The van der Waals surface area contributed by atoms with Gasteiger partial charge in [0.1, 0.15) is 0 Å². The molecule has 0 aliphatic rings. The first kappa shape index (κ1) is 20.7. The third kappa shape index (κ3) is 5.50. The van der Waals surface area contributed by atoms with Crippen molar-refractivity contribution in [1.82, 2.24) is 0 Å². The molecule has 0 aliphatic heterocycles. The molecule has 5 nitrogen and oxygen atoms in total. The molecule has 3 aromatic rings. The van der Waals surface area contributed by atoms with Gasteiger partial charge in [0.2, 0.25) is 5.91 Å². The van der Waals surface area contributed by atoms with Crippen LogP contribution in [0.4, 0.5) is 17.1 Å². The summed E-state index contributed by atoms with van der Waals surface area (Å²) in [6.45, 7) is 0.0669. The van der Waals surface area contributed by atoms with Gasteiger partial charge in [-0.2, -0.15) is 0 Å². The SMILES string of the molecule is CN(C(=O)c1ccc(NCC(=O)Nc2ccc(Cl)c(Cl)c2)cc1)c1ccccc1. The standard InChI is InChI=1S/C22H19Cl2N3O2/c1-27(18-5-3-2-4-6-18)22(29)15-7-9-16(10-8-15)25-14-21(28)26-17-11-12-19(23)20(24)13-17/h2-13,25H,14H2,1H3,(H,26,28). The molecular formula is C22H19Cl2N3O2. The van der Waals surface area contributed by atoms with Gasteiger partial charge in [-0.3, -0.25) is 9.59 Å². The highest BCUT2D eigenvalue weighted by Gasteiger charge is 2.13. The Labute approximate surface area is 179 Å². The van der Waals surface area contributed by atoms with Crippen molar-refractivity contribution in [2.75, 3.05) is 29.1 Å². The van der Waals surface area contributed by atoms with Gasteiger partial charge < -0.3 is 15.5 Å². The monoisotopic (exact) mass is 427 g/mol. The molecule has 0 unspecified atom stereocenters. The van der Waals surface area contributed by atoms with Crippen LogP contribution in [0.3, 0.4) is 0 Å². The van der Waals surface area contributed by atoms with Crippen LogP contribution in [0.1, 0.15) is 10.4 Å². The molecule has 7 heteroatoms. The van der Waals surface area contributed by atoms with E-state index in [1.54, 1.807) is 54.4 Å². The predicted octanol–water partition coefficient (Wildman–Crippen LogP) is 5.32. The number of nitrogens with zero attached hydrogens (tertiary/aromatic N) is 1. The summed E-state index contributed by atoms with van der Waals surface area (Å²) in [6, 6.07) is 21.3. The smallest absolute Gasteiger partial charge is 0.258 e. The number of hydrogen-bond donors (Lipinski definition) is 2. The van der Waals surface area contributed by atoms with Crippen LogP contribution >= 0.6 is 23.2 Å². The largest absolute Gasteiger partial charge is 0.376 e. The lowest BCUT2D eigenvalue weighted by Crippen LogP contribution is -2.26. The van der Waals surface area contributed by atoms with Crippen molar-refractivity contribution in [3.05, 3.63) is 88.4 Å². The molecule has 29 heavy (non-hydrogen) atoms. The molecule has 0 aromatic heterocycles. The minimum Gasteiger partial charge on any atom is -0.376 e. The van der Waals surface area contributed by atoms with Gasteiger partial charge >= 0.3 is 0 Å². The lowest BCUT2D eigenvalue weighted by atomic mass is 10.1. The zero-order chi connectivity index (χ0) is 20.8. The Morgan fingerprint density at radius 2 is 1.52 bits per heavy atom. The molecular weight excluding hydrogens is 409 g/mol. The topological polar surface area (TPSA) is 61.4 Å². The van der Waals surface area contributed by atoms with Crippen molar-refractivity contribution < 1.29 is 9.59 Å². The van der Waals surface area contributed by atoms with Crippen molar-refractivity contribution in [3.63, 3.8) is 0 Å². The Bertz CT molecular complexity index is 1010. The molecule has 0 radical (unpaired) electrons. The summed E-state index contributed by atoms with van der Waals surface area (Å²) in [5, 5.41) is 6.56. The second kappa shape index (κ2) is 9.45. The Balaban J connectivity index is 1.55. The van der Waals surface area contributed by atoms with E-state index in [0.29, 0.717) is 21.3 Å². The highest BCUT2D eigenvalue weighted by atomic mass is 35.5. The second-order valence-electron chi connectivity index (χ2n) is 6.31. The van der Waals surface area contributed by atoms with Crippen molar-refractivity contribution in [3.8, 4) is 0 Å². The number of carbonyl (C=O) groups excluding carboxylic acids is 2. The van der Waals surface area contributed by atoms with E-state index in [2.05, 4.69) is 10.6 Å². The van der Waals surface area contributed by atoms with E-state index in [1.165, 1.54) is 0 Å². The number of benzene rings is 3. The fourth-order valence-corrected chi connectivity index (χ4v) is 2.95. The van der Waals surface area contributed by atoms with Gasteiger partial charge in [-0.1, -0.05) is 41.4 Å². The molecule has 0 heterocycles. The number of hydrogen-bond acceptors (Lipinski definition) is 3. The van der Waals surface area contributed by atoms with E-state index in [9.17, 15) is 9.59 Å². The van der Waals surface area contributed by atoms with Crippen molar-refractivity contribution >= 4 is 52.1 Å². The molecule has 148 valence electrons. The van der Waals surface area contributed by atoms with Crippen molar-refractivity contribution in [1.29, 1.82) is 0 Å². The third-order valence-corrected chi connectivity index (χ3v) is 4.98. The zero-order valence-corrected chi connectivity index (χ0v) is 17.2. The van der Waals surface area contributed by atoms with Gasteiger partial charge in [0.05, 0.1) is 16.6 Å². The summed E-state index contributed by atoms with van der Waals surface area (Å²) in [5.74, 6) is -0.340. The van der Waals surface area contributed by atoms with Gasteiger partial charge in [-0.25, -0.2) is 0 Å². The summed E-state index contributed by atoms with van der Waals surface area (Å²) in [6.07, 6.45) is 0. The maximum absolute atomic E-state index is 12.6. The third-order valence-electron chi connectivity index (χ3n) is 4.24. The van der Waals surface area contributed by atoms with Gasteiger partial charge in [0.15, 0.2) is 0 Å². The van der Waals surface area contributed by atoms with Gasteiger partial charge in [-0.15, -0.1) is 0 Å². The number of amides is 2. The first-order valence-corrected chi connectivity index (χ1v) is 9.61. The number of para-hydroxylation sites is 1. The quantitative estimate of drug-likeness (QED) is 0.559. The van der Waals surface area contributed by atoms with Crippen molar-refractivity contribution in [2.24, 2.45) is 0 Å². The molecule has 0 fully saturated rings.